The number of hydrogen-bond donors (Lipinski definition) is 2. The van der Waals surface area contributed by atoms with E-state index >= 15 is 0 Å². The Kier molecular flexibility index (Phi) is 5.02. The second-order valence-electron chi connectivity index (χ2n) is 7.82. The van der Waals surface area contributed by atoms with Crippen LogP contribution in [-0.2, 0) is 4.79 Å². The quantitative estimate of drug-likeness (QED) is 0.587. The molecular weight excluding hydrogens is 461 g/mol. The molecule has 5 rings (SSSR count). The summed E-state index contributed by atoms with van der Waals surface area (Å²) in [6, 6.07) is 9.41. The van der Waals surface area contributed by atoms with E-state index in [1.54, 1.807) is 43.3 Å². The topological polar surface area (TPSA) is 79.6 Å². The van der Waals surface area contributed by atoms with E-state index in [0.717, 1.165) is 5.01 Å². The minimum absolute atomic E-state index is 0.0164. The van der Waals surface area contributed by atoms with Crippen molar-refractivity contribution in [2.45, 2.75) is 31.2 Å². The first-order valence-corrected chi connectivity index (χ1v) is 10.4. The first-order valence-electron chi connectivity index (χ1n) is 10.0. The van der Waals surface area contributed by atoms with Crippen LogP contribution < -0.4 is 15.5 Å². The van der Waals surface area contributed by atoms with Gasteiger partial charge in [0, 0.05) is 22.9 Å². The van der Waals surface area contributed by atoms with Crippen molar-refractivity contribution >= 4 is 34.2 Å². The largest absolute Gasteiger partial charge is 0.494 e. The zero-order valence-electron chi connectivity index (χ0n) is 17.4. The van der Waals surface area contributed by atoms with E-state index in [1.165, 1.54) is 13.2 Å². The van der Waals surface area contributed by atoms with Crippen LogP contribution in [0.4, 0.5) is 13.2 Å². The Hall–Kier alpha value is -3.24. The first kappa shape index (κ1) is 21.6. The summed E-state index contributed by atoms with van der Waals surface area (Å²) < 4.78 is 52.9. The third-order valence-electron chi connectivity index (χ3n) is 5.82. The van der Waals surface area contributed by atoms with Crippen molar-refractivity contribution in [3.63, 3.8) is 0 Å². The highest BCUT2D eigenvalue weighted by Crippen LogP contribution is 2.43. The number of amides is 1. The lowest BCUT2D eigenvalue weighted by molar-refractivity contribution is -0.161. The minimum Gasteiger partial charge on any atom is -0.494 e. The molecule has 0 aliphatic carbocycles. The highest BCUT2D eigenvalue weighted by Gasteiger charge is 2.58. The molecule has 1 fully saturated rings. The Morgan fingerprint density at radius 3 is 2.61 bits per heavy atom. The average molecular weight is 479 g/mol. The summed E-state index contributed by atoms with van der Waals surface area (Å²) in [6.07, 6.45) is -5.54. The molecule has 0 spiro atoms. The number of alkyl halides is 3. The predicted octanol–water partition coefficient (Wildman–Crippen LogP) is 4.21. The Bertz CT molecular complexity index is 1280. The third kappa shape index (κ3) is 3.50. The molecule has 3 aromatic rings. The van der Waals surface area contributed by atoms with Crippen LogP contribution in [-0.4, -0.2) is 41.4 Å². The first-order chi connectivity index (χ1) is 15.7. The average Bonchev–Trinajstić information content (AvgIpc) is 3.35. The summed E-state index contributed by atoms with van der Waals surface area (Å²) in [4.78, 5) is 17.8. The molecule has 2 aromatic carbocycles. The number of benzene rings is 2. The lowest BCUT2D eigenvalue weighted by Gasteiger charge is -2.34. The van der Waals surface area contributed by atoms with Crippen LogP contribution in [0.2, 0.25) is 5.02 Å². The molecule has 0 saturated carbocycles. The van der Waals surface area contributed by atoms with Gasteiger partial charge in [0.1, 0.15) is 23.5 Å². The van der Waals surface area contributed by atoms with Crippen molar-refractivity contribution in [3.8, 4) is 5.75 Å². The van der Waals surface area contributed by atoms with Crippen LogP contribution in [0.1, 0.15) is 24.3 Å². The van der Waals surface area contributed by atoms with Crippen molar-refractivity contribution < 1.29 is 27.1 Å². The smallest absolute Gasteiger partial charge is 0.406 e. The maximum Gasteiger partial charge on any atom is 0.406 e. The van der Waals surface area contributed by atoms with Crippen LogP contribution in [0, 0.1) is 0 Å². The van der Waals surface area contributed by atoms with Crippen molar-refractivity contribution in [1.29, 1.82) is 0 Å². The molecule has 0 bridgehead atoms. The number of fused-ring (bicyclic) bond motifs is 2. The van der Waals surface area contributed by atoms with Gasteiger partial charge in [-0.1, -0.05) is 41.9 Å². The molecule has 33 heavy (non-hydrogen) atoms. The van der Waals surface area contributed by atoms with E-state index in [0.29, 0.717) is 27.5 Å². The van der Waals surface area contributed by atoms with Gasteiger partial charge < -0.3 is 14.5 Å². The molecule has 3 atom stereocenters. The number of ether oxygens (including phenoxy) is 1. The Morgan fingerprint density at radius 1 is 1.21 bits per heavy atom. The zero-order chi connectivity index (χ0) is 23.5. The molecule has 1 aromatic heterocycles. The molecule has 11 heteroatoms. The summed E-state index contributed by atoms with van der Waals surface area (Å²) in [5, 5.41) is 4.37. The Morgan fingerprint density at radius 2 is 1.94 bits per heavy atom. The van der Waals surface area contributed by atoms with Gasteiger partial charge in [-0.2, -0.15) is 13.2 Å². The zero-order valence-corrected chi connectivity index (χ0v) is 18.2. The molecule has 1 saturated heterocycles. The number of oxazole rings is 1. The number of carbonyl (C=O) groups excluding carboxylic acids is 1. The molecule has 7 nitrogen and oxygen atoms in total. The minimum atomic E-state index is -4.59. The van der Waals surface area contributed by atoms with Gasteiger partial charge in [-0.05, 0) is 12.5 Å². The number of nitrogens with one attached hydrogen (secondary N) is 2. The normalized spacial score (nSPS) is 23.2. The SMILES string of the molecule is COc1cc(Cl)cc2oc(C3=C(C)NC4C(c5ccccc5)C(C(F)(F)F)NN4C3=O)nc12. The summed E-state index contributed by atoms with van der Waals surface area (Å²) in [7, 11) is 1.44. The highest BCUT2D eigenvalue weighted by atomic mass is 35.5. The summed E-state index contributed by atoms with van der Waals surface area (Å²) >= 11 is 6.08. The van der Waals surface area contributed by atoms with Gasteiger partial charge in [-0.25, -0.2) is 15.4 Å². The number of hydrazine groups is 1. The number of hydrogen-bond acceptors (Lipinski definition) is 6. The molecule has 0 radical (unpaired) electrons. The van der Waals surface area contributed by atoms with E-state index < -0.39 is 30.2 Å². The van der Waals surface area contributed by atoms with Crippen LogP contribution in [0.15, 0.2) is 52.6 Å². The van der Waals surface area contributed by atoms with Gasteiger partial charge in [0.15, 0.2) is 11.1 Å². The predicted molar refractivity (Wildman–Crippen MR) is 114 cm³/mol. The Balaban J connectivity index is 1.59. The van der Waals surface area contributed by atoms with E-state index in [4.69, 9.17) is 20.8 Å². The number of rotatable bonds is 3. The maximum absolute atomic E-state index is 13.9. The fourth-order valence-corrected chi connectivity index (χ4v) is 4.57. The molecule has 3 heterocycles. The molecule has 2 aliphatic heterocycles. The van der Waals surface area contributed by atoms with E-state index in [2.05, 4.69) is 15.7 Å². The number of nitrogens with zero attached hydrogens (tertiary/aromatic N) is 2. The van der Waals surface area contributed by atoms with Crippen LogP contribution >= 0.6 is 11.6 Å². The summed E-state index contributed by atoms with van der Waals surface area (Å²) in [6.45, 7) is 1.60. The van der Waals surface area contributed by atoms with E-state index in [1.807, 2.05) is 0 Å². The fraction of sp³-hybridized carbons (Fsp3) is 0.273. The van der Waals surface area contributed by atoms with Gasteiger partial charge >= 0.3 is 6.18 Å². The van der Waals surface area contributed by atoms with E-state index in [-0.39, 0.29) is 17.0 Å². The summed E-state index contributed by atoms with van der Waals surface area (Å²) in [5.41, 5.74) is 3.82. The second-order valence-corrected chi connectivity index (χ2v) is 8.26. The number of allylic oxidation sites excluding steroid dienone is 1. The van der Waals surface area contributed by atoms with Gasteiger partial charge in [0.25, 0.3) is 5.91 Å². The molecule has 3 unspecified atom stereocenters. The highest BCUT2D eigenvalue weighted by molar-refractivity contribution is 6.31. The number of halogens is 4. The molecular formula is C22H18ClF3N4O3. The monoisotopic (exact) mass is 478 g/mol. The lowest BCUT2D eigenvalue weighted by Crippen LogP contribution is -2.54. The van der Waals surface area contributed by atoms with Gasteiger partial charge in [0.2, 0.25) is 5.89 Å². The number of aromatic nitrogens is 1. The maximum atomic E-state index is 13.9. The van der Waals surface area contributed by atoms with Crippen molar-refractivity contribution in [1.82, 2.24) is 20.7 Å². The van der Waals surface area contributed by atoms with Crippen LogP contribution in [0.5, 0.6) is 5.75 Å². The number of carbonyl (C=O) groups is 1. The molecule has 172 valence electrons. The second kappa shape index (κ2) is 7.67. The van der Waals surface area contributed by atoms with Gasteiger partial charge in [-0.15, -0.1) is 0 Å². The standard InChI is InChI=1S/C22H18ClF3N4O3/c1-10-15(20-28-17-13(32-2)8-12(23)9-14(17)33-20)21(31)30-19(27-10)16(11-6-4-3-5-7-11)18(29-30)22(24,25)26/h3-9,16,18-19,27,29H,1-2H3. The van der Waals surface area contributed by atoms with Gasteiger partial charge in [0.05, 0.1) is 13.0 Å². The van der Waals surface area contributed by atoms with Crippen molar-refractivity contribution in [3.05, 3.63) is 64.6 Å². The van der Waals surface area contributed by atoms with Crippen LogP contribution in [0.3, 0.4) is 0 Å². The number of methoxy groups -OCH3 is 1. The van der Waals surface area contributed by atoms with Gasteiger partial charge in [-0.3, -0.25) is 4.79 Å². The van der Waals surface area contributed by atoms with E-state index in [9.17, 15) is 18.0 Å². The molecule has 1 amide bonds. The molecule has 2 N–H and O–H groups in total. The fourth-order valence-electron chi connectivity index (χ4n) is 4.38. The third-order valence-corrected chi connectivity index (χ3v) is 6.04. The van der Waals surface area contributed by atoms with Crippen LogP contribution in [0.25, 0.3) is 16.7 Å². The van der Waals surface area contributed by atoms with Crippen molar-refractivity contribution in [2.75, 3.05) is 7.11 Å². The summed E-state index contributed by atoms with van der Waals surface area (Å²) in [5.74, 6) is -1.44. The Labute approximate surface area is 191 Å². The lowest BCUT2D eigenvalue weighted by atomic mass is 9.89. The van der Waals surface area contributed by atoms with Crippen molar-refractivity contribution in [2.24, 2.45) is 0 Å². The molecule has 2 aliphatic rings.